The number of ether oxygens (including phenoxy) is 2. The van der Waals surface area contributed by atoms with Crippen molar-refractivity contribution in [3.63, 3.8) is 0 Å². The average Bonchev–Trinajstić information content (AvgIpc) is 3.25. The largest absolute Gasteiger partial charge is 0.496 e. The molecular formula is C28H29NO4. The predicted octanol–water partition coefficient (Wildman–Crippen LogP) is 6.13. The van der Waals surface area contributed by atoms with E-state index in [1.54, 1.807) is 20.3 Å². The van der Waals surface area contributed by atoms with Gasteiger partial charge in [0.25, 0.3) is 0 Å². The van der Waals surface area contributed by atoms with E-state index in [-0.39, 0.29) is 5.91 Å². The molecule has 0 bridgehead atoms. The topological polar surface area (TPSA) is 60.7 Å². The second-order valence-corrected chi connectivity index (χ2v) is 8.10. The van der Waals surface area contributed by atoms with Crippen LogP contribution < -0.4 is 10.1 Å². The van der Waals surface area contributed by atoms with E-state index in [0.29, 0.717) is 18.9 Å². The van der Waals surface area contributed by atoms with Crippen molar-refractivity contribution in [2.75, 3.05) is 27.4 Å². The van der Waals surface area contributed by atoms with E-state index in [1.807, 2.05) is 32.2 Å². The fourth-order valence-electron chi connectivity index (χ4n) is 4.29. The zero-order valence-electron chi connectivity index (χ0n) is 19.5. The lowest BCUT2D eigenvalue weighted by atomic mass is 9.94. The molecule has 0 unspecified atom stereocenters. The van der Waals surface area contributed by atoms with Crippen LogP contribution in [0.2, 0.25) is 0 Å². The molecule has 0 radical (unpaired) electrons. The highest BCUT2D eigenvalue weighted by atomic mass is 16.5. The van der Waals surface area contributed by atoms with E-state index in [0.717, 1.165) is 45.2 Å². The maximum absolute atomic E-state index is 12.4. The van der Waals surface area contributed by atoms with Crippen LogP contribution in [0.15, 0.2) is 65.3 Å². The van der Waals surface area contributed by atoms with Crippen LogP contribution in [-0.2, 0) is 9.53 Å². The SMILES string of the molecule is COCCCNC(=O)/C=C(\C)c1cc2c(-c3cccc4ccccc34)coc2c(C)c1OC. The van der Waals surface area contributed by atoms with Gasteiger partial charge in [-0.3, -0.25) is 4.79 Å². The molecule has 1 amide bonds. The van der Waals surface area contributed by atoms with Gasteiger partial charge in [-0.2, -0.15) is 0 Å². The number of carbonyl (C=O) groups is 1. The molecule has 1 N–H and O–H groups in total. The zero-order valence-corrected chi connectivity index (χ0v) is 19.5. The van der Waals surface area contributed by atoms with E-state index >= 15 is 0 Å². The zero-order chi connectivity index (χ0) is 23.4. The lowest BCUT2D eigenvalue weighted by Gasteiger charge is -2.14. The summed E-state index contributed by atoms with van der Waals surface area (Å²) in [5.74, 6) is 0.576. The third-order valence-corrected chi connectivity index (χ3v) is 5.92. The quantitative estimate of drug-likeness (QED) is 0.263. The minimum absolute atomic E-state index is 0.134. The lowest BCUT2D eigenvalue weighted by Crippen LogP contribution is -2.23. The van der Waals surface area contributed by atoms with Crippen molar-refractivity contribution in [3.05, 3.63) is 72.0 Å². The third kappa shape index (κ3) is 4.50. The van der Waals surface area contributed by atoms with E-state index in [2.05, 4.69) is 41.7 Å². The first-order valence-electron chi connectivity index (χ1n) is 11.1. The molecule has 170 valence electrons. The molecule has 0 aliphatic carbocycles. The van der Waals surface area contributed by atoms with Gasteiger partial charge in [-0.1, -0.05) is 42.5 Å². The second-order valence-electron chi connectivity index (χ2n) is 8.10. The van der Waals surface area contributed by atoms with E-state index in [1.165, 1.54) is 10.8 Å². The van der Waals surface area contributed by atoms with Crippen molar-refractivity contribution in [3.8, 4) is 16.9 Å². The fourth-order valence-corrected chi connectivity index (χ4v) is 4.29. The van der Waals surface area contributed by atoms with E-state index in [9.17, 15) is 4.79 Å². The van der Waals surface area contributed by atoms with Crippen molar-refractivity contribution >= 4 is 33.2 Å². The minimum Gasteiger partial charge on any atom is -0.496 e. The third-order valence-electron chi connectivity index (χ3n) is 5.92. The van der Waals surface area contributed by atoms with Crippen molar-refractivity contribution in [1.29, 1.82) is 0 Å². The molecule has 0 aliphatic rings. The van der Waals surface area contributed by atoms with Crippen molar-refractivity contribution < 1.29 is 18.7 Å². The number of allylic oxidation sites excluding steroid dienone is 1. The van der Waals surface area contributed by atoms with Gasteiger partial charge in [0.2, 0.25) is 5.91 Å². The van der Waals surface area contributed by atoms with Gasteiger partial charge in [-0.25, -0.2) is 0 Å². The Hall–Kier alpha value is -3.57. The number of fused-ring (bicyclic) bond motifs is 2. The highest BCUT2D eigenvalue weighted by Gasteiger charge is 2.19. The summed E-state index contributed by atoms with van der Waals surface area (Å²) in [5.41, 5.74) is 5.52. The summed E-state index contributed by atoms with van der Waals surface area (Å²) in [5, 5.41) is 6.24. The second kappa shape index (κ2) is 9.92. The Balaban J connectivity index is 1.80. The Morgan fingerprint density at radius 3 is 2.64 bits per heavy atom. The Bertz CT molecular complexity index is 1330. The minimum atomic E-state index is -0.134. The molecule has 0 spiro atoms. The van der Waals surface area contributed by atoms with Crippen LogP contribution >= 0.6 is 0 Å². The first-order valence-corrected chi connectivity index (χ1v) is 11.1. The first-order chi connectivity index (χ1) is 16.0. The normalized spacial score (nSPS) is 11.8. The molecule has 0 saturated heterocycles. The summed E-state index contributed by atoms with van der Waals surface area (Å²) < 4.78 is 16.8. The summed E-state index contributed by atoms with van der Waals surface area (Å²) in [6.07, 6.45) is 4.20. The summed E-state index contributed by atoms with van der Waals surface area (Å²) in [4.78, 5) is 12.4. The Kier molecular flexibility index (Phi) is 6.80. The molecule has 1 heterocycles. The Morgan fingerprint density at radius 2 is 1.85 bits per heavy atom. The average molecular weight is 444 g/mol. The molecule has 33 heavy (non-hydrogen) atoms. The number of amides is 1. The first kappa shape index (κ1) is 22.6. The molecule has 4 aromatic rings. The molecule has 1 aromatic heterocycles. The van der Waals surface area contributed by atoms with E-state index < -0.39 is 0 Å². The maximum atomic E-state index is 12.4. The monoisotopic (exact) mass is 443 g/mol. The van der Waals surface area contributed by atoms with Gasteiger partial charge in [0.15, 0.2) is 0 Å². The highest BCUT2D eigenvalue weighted by Crippen LogP contribution is 2.42. The molecule has 0 atom stereocenters. The number of carbonyl (C=O) groups excluding carboxylic acids is 1. The number of aryl methyl sites for hydroxylation is 1. The molecule has 5 nitrogen and oxygen atoms in total. The molecule has 0 aliphatic heterocycles. The lowest BCUT2D eigenvalue weighted by molar-refractivity contribution is -0.116. The van der Waals surface area contributed by atoms with Crippen molar-refractivity contribution in [1.82, 2.24) is 5.32 Å². The van der Waals surface area contributed by atoms with Gasteiger partial charge in [0.1, 0.15) is 11.3 Å². The molecule has 5 heteroatoms. The van der Waals surface area contributed by atoms with E-state index in [4.69, 9.17) is 13.9 Å². The van der Waals surface area contributed by atoms with Crippen LogP contribution in [-0.4, -0.2) is 33.3 Å². The van der Waals surface area contributed by atoms with Crippen LogP contribution in [0, 0.1) is 6.92 Å². The molecule has 0 saturated carbocycles. The summed E-state index contributed by atoms with van der Waals surface area (Å²) >= 11 is 0. The molecule has 3 aromatic carbocycles. The molecule has 4 rings (SSSR count). The van der Waals surface area contributed by atoms with Crippen LogP contribution in [0.4, 0.5) is 0 Å². The van der Waals surface area contributed by atoms with Crippen LogP contribution in [0.1, 0.15) is 24.5 Å². The molecule has 0 fully saturated rings. The van der Waals surface area contributed by atoms with Gasteiger partial charge in [-0.05, 0) is 48.2 Å². The van der Waals surface area contributed by atoms with Gasteiger partial charge in [0, 0.05) is 48.4 Å². The number of nitrogens with one attached hydrogen (secondary N) is 1. The maximum Gasteiger partial charge on any atom is 0.244 e. The summed E-state index contributed by atoms with van der Waals surface area (Å²) in [6.45, 7) is 5.09. The predicted molar refractivity (Wildman–Crippen MR) is 134 cm³/mol. The van der Waals surface area contributed by atoms with Crippen molar-refractivity contribution in [2.45, 2.75) is 20.3 Å². The van der Waals surface area contributed by atoms with Gasteiger partial charge < -0.3 is 19.2 Å². The smallest absolute Gasteiger partial charge is 0.244 e. The number of furan rings is 1. The number of hydrogen-bond donors (Lipinski definition) is 1. The Morgan fingerprint density at radius 1 is 1.06 bits per heavy atom. The Labute approximate surface area is 194 Å². The number of benzene rings is 3. The number of methoxy groups -OCH3 is 2. The van der Waals surface area contributed by atoms with Gasteiger partial charge in [-0.15, -0.1) is 0 Å². The fraction of sp³-hybridized carbons (Fsp3) is 0.250. The standard InChI is InChI=1S/C28H29NO4/c1-18(15-26(30)29-13-8-14-31-3)23-16-24-25(17-33-28(24)19(2)27(23)32-4)22-12-7-10-20-9-5-6-11-21(20)22/h5-7,9-12,15-17H,8,13-14H2,1-4H3,(H,29,30)/b18-15+. The number of hydrogen-bond acceptors (Lipinski definition) is 4. The van der Waals surface area contributed by atoms with Gasteiger partial charge >= 0.3 is 0 Å². The molecular weight excluding hydrogens is 414 g/mol. The van der Waals surface area contributed by atoms with Crippen molar-refractivity contribution in [2.24, 2.45) is 0 Å². The highest BCUT2D eigenvalue weighted by molar-refractivity contribution is 6.07. The van der Waals surface area contributed by atoms with Crippen LogP contribution in [0.25, 0.3) is 38.4 Å². The van der Waals surface area contributed by atoms with Gasteiger partial charge in [0.05, 0.1) is 13.4 Å². The summed E-state index contributed by atoms with van der Waals surface area (Å²) in [7, 11) is 3.29. The van der Waals surface area contributed by atoms with Crippen LogP contribution in [0.3, 0.4) is 0 Å². The number of rotatable bonds is 8. The summed E-state index contributed by atoms with van der Waals surface area (Å²) in [6, 6.07) is 16.7. The van der Waals surface area contributed by atoms with Crippen LogP contribution in [0.5, 0.6) is 5.75 Å².